The number of anilines is 2. The van der Waals surface area contributed by atoms with E-state index in [9.17, 15) is 14.0 Å². The number of benzene rings is 1. The summed E-state index contributed by atoms with van der Waals surface area (Å²) in [6.45, 7) is 3.24. The van der Waals surface area contributed by atoms with E-state index in [-0.39, 0.29) is 18.1 Å². The lowest BCUT2D eigenvalue weighted by molar-refractivity contribution is -0.133. The number of rotatable bonds is 4. The summed E-state index contributed by atoms with van der Waals surface area (Å²) in [6, 6.07) is 2.97. The SMILES string of the molecule is COc1cc(N2CCN(C)CC2)c(F)cc1NC1CCC(=O)NC1=O.NC1CCCCC1. The van der Waals surface area contributed by atoms with E-state index in [0.29, 0.717) is 29.6 Å². The lowest BCUT2D eigenvalue weighted by Crippen LogP contribution is -2.47. The molecule has 1 atom stereocenters. The van der Waals surface area contributed by atoms with Crippen LogP contribution < -0.4 is 26.0 Å². The number of likely N-dealkylation sites (N-methyl/N-ethyl adjacent to an activating group) is 1. The molecule has 2 heterocycles. The molecule has 178 valence electrons. The standard InChI is InChI=1S/C17H23FN4O3.C6H13N/c1-21-5-7-22(8-6-21)14-10-15(25-2)13(9-11(14)18)19-12-3-4-16(23)20-17(12)24;7-6-4-2-1-3-5-6/h9-10,12,19H,3-8H2,1-2H3,(H,20,23,24);6H,1-5,7H2. The molecule has 2 aliphatic heterocycles. The third kappa shape index (κ3) is 6.56. The molecule has 2 amide bonds. The summed E-state index contributed by atoms with van der Waals surface area (Å²) in [5.74, 6) is -0.575. The fourth-order valence-corrected chi connectivity index (χ4v) is 4.27. The zero-order chi connectivity index (χ0) is 23.1. The molecule has 3 fully saturated rings. The van der Waals surface area contributed by atoms with Crippen molar-refractivity contribution >= 4 is 23.2 Å². The molecular weight excluding hydrogens is 413 g/mol. The van der Waals surface area contributed by atoms with Gasteiger partial charge in [-0.05, 0) is 26.3 Å². The van der Waals surface area contributed by atoms with Gasteiger partial charge in [-0.15, -0.1) is 0 Å². The van der Waals surface area contributed by atoms with Gasteiger partial charge in [0.25, 0.3) is 0 Å². The number of piperazine rings is 1. The van der Waals surface area contributed by atoms with Crippen molar-refractivity contribution in [2.75, 3.05) is 50.6 Å². The Morgan fingerprint density at radius 2 is 1.78 bits per heavy atom. The maximum absolute atomic E-state index is 14.7. The summed E-state index contributed by atoms with van der Waals surface area (Å²) < 4.78 is 20.0. The van der Waals surface area contributed by atoms with Crippen molar-refractivity contribution in [2.24, 2.45) is 5.73 Å². The summed E-state index contributed by atoms with van der Waals surface area (Å²) in [5, 5.41) is 5.27. The lowest BCUT2D eigenvalue weighted by Gasteiger charge is -2.34. The van der Waals surface area contributed by atoms with Crippen LogP contribution in [0.2, 0.25) is 0 Å². The van der Waals surface area contributed by atoms with E-state index in [0.717, 1.165) is 26.2 Å². The predicted octanol–water partition coefficient (Wildman–Crippen LogP) is 2.08. The van der Waals surface area contributed by atoms with Crippen molar-refractivity contribution in [3.8, 4) is 5.75 Å². The summed E-state index contributed by atoms with van der Waals surface area (Å²) in [6.07, 6.45) is 7.29. The van der Waals surface area contributed by atoms with Crippen LogP contribution in [0, 0.1) is 5.82 Å². The summed E-state index contributed by atoms with van der Waals surface area (Å²) in [7, 11) is 3.55. The third-order valence-electron chi connectivity index (χ3n) is 6.33. The Bertz CT molecular complexity index is 792. The molecule has 2 saturated heterocycles. The topological polar surface area (TPSA) is 99.9 Å². The number of hydrogen-bond acceptors (Lipinski definition) is 7. The van der Waals surface area contributed by atoms with Crippen LogP contribution in [-0.2, 0) is 9.59 Å². The van der Waals surface area contributed by atoms with Gasteiger partial charge in [-0.2, -0.15) is 0 Å². The molecule has 0 spiro atoms. The maximum Gasteiger partial charge on any atom is 0.249 e. The Hall–Kier alpha value is -2.39. The van der Waals surface area contributed by atoms with Crippen LogP contribution in [0.15, 0.2) is 12.1 Å². The van der Waals surface area contributed by atoms with Crippen molar-refractivity contribution in [3.05, 3.63) is 17.9 Å². The largest absolute Gasteiger partial charge is 0.495 e. The van der Waals surface area contributed by atoms with Gasteiger partial charge in [-0.3, -0.25) is 14.9 Å². The number of amides is 2. The zero-order valence-corrected chi connectivity index (χ0v) is 19.2. The molecule has 9 heteroatoms. The number of hydrogen-bond donors (Lipinski definition) is 3. The first-order chi connectivity index (χ1) is 15.4. The molecule has 4 rings (SSSR count). The first kappa shape index (κ1) is 24.3. The third-order valence-corrected chi connectivity index (χ3v) is 6.33. The Balaban J connectivity index is 0.000000352. The second kappa shape index (κ2) is 11.5. The van der Waals surface area contributed by atoms with Gasteiger partial charge in [0, 0.05) is 50.8 Å². The molecule has 0 aromatic heterocycles. The second-order valence-corrected chi connectivity index (χ2v) is 8.84. The highest BCUT2D eigenvalue weighted by Gasteiger charge is 2.28. The van der Waals surface area contributed by atoms with Crippen LogP contribution in [-0.4, -0.2) is 69.1 Å². The zero-order valence-electron chi connectivity index (χ0n) is 19.2. The molecule has 1 aliphatic carbocycles. The number of halogens is 1. The van der Waals surface area contributed by atoms with Crippen LogP contribution in [0.1, 0.15) is 44.9 Å². The molecular formula is C23H36FN5O3. The van der Waals surface area contributed by atoms with E-state index in [1.165, 1.54) is 45.3 Å². The molecule has 1 saturated carbocycles. The minimum absolute atomic E-state index is 0.258. The Kier molecular flexibility index (Phi) is 8.69. The van der Waals surface area contributed by atoms with Gasteiger partial charge in [-0.1, -0.05) is 19.3 Å². The molecule has 8 nitrogen and oxygen atoms in total. The molecule has 0 bridgehead atoms. The van der Waals surface area contributed by atoms with Gasteiger partial charge in [-0.25, -0.2) is 4.39 Å². The van der Waals surface area contributed by atoms with Crippen LogP contribution in [0.5, 0.6) is 5.75 Å². The van der Waals surface area contributed by atoms with Crippen molar-refractivity contribution in [3.63, 3.8) is 0 Å². The highest BCUT2D eigenvalue weighted by Crippen LogP contribution is 2.34. The Morgan fingerprint density at radius 1 is 1.09 bits per heavy atom. The first-order valence-corrected chi connectivity index (χ1v) is 11.5. The van der Waals surface area contributed by atoms with E-state index in [4.69, 9.17) is 10.5 Å². The number of imide groups is 1. The van der Waals surface area contributed by atoms with Crippen LogP contribution >= 0.6 is 0 Å². The van der Waals surface area contributed by atoms with Gasteiger partial charge in [0.05, 0.1) is 18.5 Å². The van der Waals surface area contributed by atoms with Crippen LogP contribution in [0.3, 0.4) is 0 Å². The molecule has 0 radical (unpaired) electrons. The quantitative estimate of drug-likeness (QED) is 0.605. The highest BCUT2D eigenvalue weighted by atomic mass is 19.1. The van der Waals surface area contributed by atoms with Crippen LogP contribution in [0.4, 0.5) is 15.8 Å². The van der Waals surface area contributed by atoms with Crippen LogP contribution in [0.25, 0.3) is 0 Å². The predicted molar refractivity (Wildman–Crippen MR) is 124 cm³/mol. The first-order valence-electron chi connectivity index (χ1n) is 11.5. The second-order valence-electron chi connectivity index (χ2n) is 8.84. The number of nitrogens with one attached hydrogen (secondary N) is 2. The van der Waals surface area contributed by atoms with Crippen molar-refractivity contribution in [2.45, 2.75) is 57.0 Å². The van der Waals surface area contributed by atoms with E-state index >= 15 is 0 Å². The van der Waals surface area contributed by atoms with E-state index in [1.807, 2.05) is 11.9 Å². The van der Waals surface area contributed by atoms with Gasteiger partial charge < -0.3 is 25.6 Å². The van der Waals surface area contributed by atoms with Gasteiger partial charge >= 0.3 is 0 Å². The lowest BCUT2D eigenvalue weighted by atomic mass is 9.97. The average molecular weight is 450 g/mol. The Labute approximate surface area is 189 Å². The van der Waals surface area contributed by atoms with E-state index < -0.39 is 11.9 Å². The van der Waals surface area contributed by atoms with Gasteiger partial charge in [0.1, 0.15) is 17.6 Å². The van der Waals surface area contributed by atoms with E-state index in [2.05, 4.69) is 15.5 Å². The van der Waals surface area contributed by atoms with Gasteiger partial charge in [0.15, 0.2) is 0 Å². The van der Waals surface area contributed by atoms with Gasteiger partial charge in [0.2, 0.25) is 11.8 Å². The Morgan fingerprint density at radius 3 is 2.34 bits per heavy atom. The van der Waals surface area contributed by atoms with Crippen molar-refractivity contribution in [1.29, 1.82) is 0 Å². The smallest absolute Gasteiger partial charge is 0.249 e. The number of nitrogens with zero attached hydrogens (tertiary/aromatic N) is 2. The summed E-state index contributed by atoms with van der Waals surface area (Å²) in [4.78, 5) is 27.3. The fraction of sp³-hybridized carbons (Fsp3) is 0.652. The number of carbonyl (C=O) groups excluding carboxylic acids is 2. The minimum atomic E-state index is -0.583. The molecule has 3 aliphatic rings. The van der Waals surface area contributed by atoms with Crippen molar-refractivity contribution in [1.82, 2.24) is 10.2 Å². The number of carbonyl (C=O) groups is 2. The minimum Gasteiger partial charge on any atom is -0.495 e. The fourth-order valence-electron chi connectivity index (χ4n) is 4.27. The molecule has 1 aromatic carbocycles. The summed E-state index contributed by atoms with van der Waals surface area (Å²) in [5.41, 5.74) is 6.54. The van der Waals surface area contributed by atoms with E-state index in [1.54, 1.807) is 6.07 Å². The molecule has 1 unspecified atom stereocenters. The van der Waals surface area contributed by atoms with Crippen molar-refractivity contribution < 1.29 is 18.7 Å². The number of nitrogens with two attached hydrogens (primary N) is 1. The molecule has 4 N–H and O–H groups in total. The number of ether oxygens (including phenoxy) is 1. The maximum atomic E-state index is 14.7. The number of methoxy groups -OCH3 is 1. The summed E-state index contributed by atoms with van der Waals surface area (Å²) >= 11 is 0. The number of piperidine rings is 1. The molecule has 32 heavy (non-hydrogen) atoms. The highest BCUT2D eigenvalue weighted by molar-refractivity contribution is 6.01. The average Bonchev–Trinajstić information content (AvgIpc) is 2.78. The monoisotopic (exact) mass is 449 g/mol. The molecule has 1 aromatic rings. The normalized spacial score (nSPS) is 22.6.